The standard InChI is InChI=1S/C10H18N4O2S/c1-7-3-4-9(5-11-7)14-17(15,16)10-6-12-13-8(10)2/h6-7,9,11,14H,3-5H2,1-2H3,(H,12,13). The van der Waals surface area contributed by atoms with Crippen LogP contribution in [0, 0.1) is 6.92 Å². The van der Waals surface area contributed by atoms with Crippen LogP contribution in [-0.4, -0.2) is 37.2 Å². The van der Waals surface area contributed by atoms with Gasteiger partial charge in [-0.2, -0.15) is 5.10 Å². The molecular weight excluding hydrogens is 240 g/mol. The van der Waals surface area contributed by atoms with Gasteiger partial charge in [-0.05, 0) is 26.7 Å². The summed E-state index contributed by atoms with van der Waals surface area (Å²) in [5, 5.41) is 9.63. The van der Waals surface area contributed by atoms with Gasteiger partial charge in [0.2, 0.25) is 10.0 Å². The summed E-state index contributed by atoms with van der Waals surface area (Å²) in [5.74, 6) is 0. The molecule has 2 heterocycles. The number of hydrogen-bond acceptors (Lipinski definition) is 4. The average Bonchev–Trinajstić information content (AvgIpc) is 2.68. The number of aryl methyl sites for hydroxylation is 1. The van der Waals surface area contributed by atoms with Gasteiger partial charge in [0.25, 0.3) is 0 Å². The molecular formula is C10H18N4O2S. The van der Waals surface area contributed by atoms with Crippen molar-refractivity contribution in [3.05, 3.63) is 11.9 Å². The van der Waals surface area contributed by atoms with Crippen LogP contribution in [0.15, 0.2) is 11.1 Å². The quantitative estimate of drug-likeness (QED) is 0.719. The van der Waals surface area contributed by atoms with Crippen LogP contribution >= 0.6 is 0 Å². The Balaban J connectivity index is 2.06. The van der Waals surface area contributed by atoms with E-state index >= 15 is 0 Å². The van der Waals surface area contributed by atoms with Crippen molar-refractivity contribution in [1.29, 1.82) is 0 Å². The van der Waals surface area contributed by atoms with E-state index < -0.39 is 10.0 Å². The smallest absolute Gasteiger partial charge is 0.244 e. The summed E-state index contributed by atoms with van der Waals surface area (Å²) in [6.07, 6.45) is 3.19. The molecule has 1 aliphatic heterocycles. The third-order valence-electron chi connectivity index (χ3n) is 3.06. The van der Waals surface area contributed by atoms with Crippen molar-refractivity contribution in [2.75, 3.05) is 6.54 Å². The van der Waals surface area contributed by atoms with Gasteiger partial charge in [0.05, 0.1) is 11.9 Å². The first-order valence-electron chi connectivity index (χ1n) is 5.75. The molecule has 17 heavy (non-hydrogen) atoms. The lowest BCUT2D eigenvalue weighted by atomic mass is 10.0. The second-order valence-electron chi connectivity index (χ2n) is 4.56. The molecule has 1 aliphatic rings. The van der Waals surface area contributed by atoms with Crippen molar-refractivity contribution in [2.24, 2.45) is 0 Å². The Labute approximate surface area is 101 Å². The lowest BCUT2D eigenvalue weighted by molar-refractivity contribution is 0.366. The van der Waals surface area contributed by atoms with Crippen molar-refractivity contribution in [1.82, 2.24) is 20.2 Å². The van der Waals surface area contributed by atoms with E-state index in [1.807, 2.05) is 0 Å². The first-order chi connectivity index (χ1) is 7.99. The first kappa shape index (κ1) is 12.5. The fourth-order valence-electron chi connectivity index (χ4n) is 1.99. The van der Waals surface area contributed by atoms with Crippen LogP contribution in [0.4, 0.5) is 0 Å². The van der Waals surface area contributed by atoms with Crippen LogP contribution in [0.2, 0.25) is 0 Å². The molecule has 6 nitrogen and oxygen atoms in total. The van der Waals surface area contributed by atoms with E-state index in [2.05, 4.69) is 27.2 Å². The van der Waals surface area contributed by atoms with Crippen molar-refractivity contribution >= 4 is 10.0 Å². The largest absolute Gasteiger partial charge is 0.313 e. The van der Waals surface area contributed by atoms with Crippen molar-refractivity contribution in [2.45, 2.75) is 43.7 Å². The molecule has 2 unspecified atom stereocenters. The summed E-state index contributed by atoms with van der Waals surface area (Å²) in [4.78, 5) is 0.233. The van der Waals surface area contributed by atoms with Crippen LogP contribution in [0.5, 0.6) is 0 Å². The van der Waals surface area contributed by atoms with Crippen LogP contribution in [0.25, 0.3) is 0 Å². The van der Waals surface area contributed by atoms with Gasteiger partial charge >= 0.3 is 0 Å². The Hall–Kier alpha value is -0.920. The highest BCUT2D eigenvalue weighted by atomic mass is 32.2. The molecule has 96 valence electrons. The Morgan fingerprint density at radius 2 is 2.24 bits per heavy atom. The molecule has 7 heteroatoms. The number of aromatic amines is 1. The van der Waals surface area contributed by atoms with Crippen molar-refractivity contribution in [3.63, 3.8) is 0 Å². The third-order valence-corrected chi connectivity index (χ3v) is 4.69. The summed E-state index contributed by atoms with van der Waals surface area (Å²) in [6, 6.07) is 0.428. The highest BCUT2D eigenvalue weighted by molar-refractivity contribution is 7.89. The number of rotatable bonds is 3. The molecule has 1 aromatic rings. The Bertz CT molecular complexity index is 474. The van der Waals surface area contributed by atoms with E-state index in [0.717, 1.165) is 12.8 Å². The minimum atomic E-state index is -3.45. The molecule has 2 atom stereocenters. The molecule has 0 aliphatic carbocycles. The van der Waals surface area contributed by atoms with E-state index in [9.17, 15) is 8.42 Å². The fraction of sp³-hybridized carbons (Fsp3) is 0.700. The minimum Gasteiger partial charge on any atom is -0.313 e. The molecule has 1 saturated heterocycles. The number of H-pyrrole nitrogens is 1. The summed E-state index contributed by atoms with van der Waals surface area (Å²) in [7, 11) is -3.45. The molecule has 2 rings (SSSR count). The fourth-order valence-corrected chi connectivity index (χ4v) is 3.40. The van der Waals surface area contributed by atoms with Gasteiger partial charge in [0.15, 0.2) is 0 Å². The van der Waals surface area contributed by atoms with Gasteiger partial charge in [-0.15, -0.1) is 0 Å². The zero-order valence-corrected chi connectivity index (χ0v) is 10.8. The predicted octanol–water partition coefficient (Wildman–Crippen LogP) is 0.137. The number of sulfonamides is 1. The SMILES string of the molecule is Cc1[nH]ncc1S(=O)(=O)NC1CCC(C)NC1. The summed E-state index contributed by atoms with van der Waals surface area (Å²) in [5.41, 5.74) is 0.564. The van der Waals surface area contributed by atoms with E-state index in [4.69, 9.17) is 0 Å². The summed E-state index contributed by atoms with van der Waals surface area (Å²) >= 11 is 0. The Morgan fingerprint density at radius 1 is 1.47 bits per heavy atom. The average molecular weight is 258 g/mol. The van der Waals surface area contributed by atoms with Crippen molar-refractivity contribution in [3.8, 4) is 0 Å². The minimum absolute atomic E-state index is 0.0366. The predicted molar refractivity (Wildman–Crippen MR) is 64.1 cm³/mol. The summed E-state index contributed by atoms with van der Waals surface area (Å²) in [6.45, 7) is 4.48. The van der Waals surface area contributed by atoms with Gasteiger partial charge in [-0.3, -0.25) is 5.10 Å². The van der Waals surface area contributed by atoms with E-state index in [0.29, 0.717) is 18.3 Å². The normalized spacial score (nSPS) is 26.0. The lowest BCUT2D eigenvalue weighted by Crippen LogP contribution is -2.48. The number of nitrogens with one attached hydrogen (secondary N) is 3. The highest BCUT2D eigenvalue weighted by Crippen LogP contribution is 2.14. The molecule has 0 aromatic carbocycles. The maximum Gasteiger partial charge on any atom is 0.244 e. The first-order valence-corrected chi connectivity index (χ1v) is 7.23. The number of piperidine rings is 1. The molecule has 3 N–H and O–H groups in total. The number of hydrogen-bond donors (Lipinski definition) is 3. The molecule has 1 fully saturated rings. The van der Waals surface area contributed by atoms with Gasteiger partial charge in [-0.25, -0.2) is 13.1 Å². The van der Waals surface area contributed by atoms with Crippen LogP contribution in [-0.2, 0) is 10.0 Å². The van der Waals surface area contributed by atoms with Gasteiger partial charge < -0.3 is 5.32 Å². The summed E-state index contributed by atoms with van der Waals surface area (Å²) < 4.78 is 26.8. The molecule has 0 spiro atoms. The van der Waals surface area contributed by atoms with Crippen LogP contribution < -0.4 is 10.0 Å². The monoisotopic (exact) mass is 258 g/mol. The van der Waals surface area contributed by atoms with Crippen LogP contribution in [0.1, 0.15) is 25.5 Å². The number of aromatic nitrogens is 2. The lowest BCUT2D eigenvalue weighted by Gasteiger charge is -2.27. The molecule has 0 amide bonds. The Morgan fingerprint density at radius 3 is 2.76 bits per heavy atom. The van der Waals surface area contributed by atoms with E-state index in [1.54, 1.807) is 6.92 Å². The zero-order chi connectivity index (χ0) is 12.5. The maximum absolute atomic E-state index is 12.1. The third kappa shape index (κ3) is 2.85. The van der Waals surface area contributed by atoms with E-state index in [1.165, 1.54) is 6.20 Å². The van der Waals surface area contributed by atoms with E-state index in [-0.39, 0.29) is 10.9 Å². The van der Waals surface area contributed by atoms with Gasteiger partial charge in [0, 0.05) is 18.6 Å². The van der Waals surface area contributed by atoms with Crippen molar-refractivity contribution < 1.29 is 8.42 Å². The van der Waals surface area contributed by atoms with Gasteiger partial charge in [-0.1, -0.05) is 0 Å². The second kappa shape index (κ2) is 4.75. The molecule has 0 bridgehead atoms. The van der Waals surface area contributed by atoms with Gasteiger partial charge in [0.1, 0.15) is 4.90 Å². The number of nitrogens with zero attached hydrogens (tertiary/aromatic N) is 1. The Kier molecular flexibility index (Phi) is 3.50. The molecule has 0 radical (unpaired) electrons. The maximum atomic E-state index is 12.1. The van der Waals surface area contributed by atoms with Crippen LogP contribution in [0.3, 0.4) is 0 Å². The zero-order valence-electron chi connectivity index (χ0n) is 10.0. The second-order valence-corrected chi connectivity index (χ2v) is 6.25. The molecule has 0 saturated carbocycles. The highest BCUT2D eigenvalue weighted by Gasteiger charge is 2.25. The molecule has 1 aromatic heterocycles. The topological polar surface area (TPSA) is 86.9 Å².